The molecule has 7 heteroatoms. The van der Waals surface area contributed by atoms with Crippen LogP contribution in [0, 0.1) is 0 Å². The molecular weight excluding hydrogens is 278 g/mol. The van der Waals surface area contributed by atoms with Gasteiger partial charge in [0.05, 0.1) is 14.2 Å². The Morgan fingerprint density at radius 3 is 2.48 bits per heavy atom. The molecule has 1 amide bonds. The number of aliphatic hydroxyl groups excluding tert-OH is 2. The number of esters is 1. The van der Waals surface area contributed by atoms with Gasteiger partial charge in [-0.25, -0.2) is 4.79 Å². The Bertz CT molecular complexity index is 516. The number of hydrogen-bond acceptors (Lipinski definition) is 6. The number of aliphatic hydroxyl groups is 2. The van der Waals surface area contributed by atoms with E-state index in [2.05, 4.69) is 10.1 Å². The molecule has 7 nitrogen and oxygen atoms in total. The largest absolute Gasteiger partial charge is 0.496 e. The molecule has 0 aromatic heterocycles. The molecule has 21 heavy (non-hydrogen) atoms. The van der Waals surface area contributed by atoms with Gasteiger partial charge in [0.25, 0.3) is 0 Å². The van der Waals surface area contributed by atoms with E-state index in [1.54, 1.807) is 0 Å². The molecule has 0 aliphatic heterocycles. The van der Waals surface area contributed by atoms with E-state index in [1.165, 1.54) is 39.3 Å². The normalized spacial score (nSPS) is 13.2. The highest BCUT2D eigenvalue weighted by Gasteiger charge is 2.21. The van der Waals surface area contributed by atoms with Crippen molar-refractivity contribution in [2.45, 2.75) is 19.1 Å². The van der Waals surface area contributed by atoms with Crippen molar-refractivity contribution < 1.29 is 29.3 Å². The highest BCUT2D eigenvalue weighted by atomic mass is 16.5. The maximum absolute atomic E-state index is 11.5. The van der Waals surface area contributed by atoms with E-state index in [-0.39, 0.29) is 23.8 Å². The zero-order valence-corrected chi connectivity index (χ0v) is 12.1. The van der Waals surface area contributed by atoms with E-state index in [0.29, 0.717) is 5.56 Å². The topological polar surface area (TPSA) is 105 Å². The number of rotatable bonds is 6. The summed E-state index contributed by atoms with van der Waals surface area (Å²) in [5.41, 5.74) is 0.574. The van der Waals surface area contributed by atoms with Crippen LogP contribution in [-0.2, 0) is 9.53 Å². The third kappa shape index (κ3) is 4.44. The van der Waals surface area contributed by atoms with Gasteiger partial charge in [0, 0.05) is 13.5 Å². The van der Waals surface area contributed by atoms with Crippen LogP contribution in [0.15, 0.2) is 18.2 Å². The molecule has 2 unspecified atom stereocenters. The van der Waals surface area contributed by atoms with Crippen molar-refractivity contribution in [3.8, 4) is 5.75 Å². The second-order valence-corrected chi connectivity index (χ2v) is 4.40. The first kappa shape index (κ1) is 16.9. The van der Waals surface area contributed by atoms with Crippen molar-refractivity contribution in [1.82, 2.24) is 5.32 Å². The number of carbonyl (C=O) groups excluding carboxylic acids is 2. The monoisotopic (exact) mass is 297 g/mol. The van der Waals surface area contributed by atoms with Crippen molar-refractivity contribution in [3.63, 3.8) is 0 Å². The maximum atomic E-state index is 11.5. The predicted molar refractivity (Wildman–Crippen MR) is 74.0 cm³/mol. The molecule has 0 spiro atoms. The van der Waals surface area contributed by atoms with Crippen molar-refractivity contribution in [2.24, 2.45) is 0 Å². The number of methoxy groups -OCH3 is 2. The predicted octanol–water partition coefficient (Wildman–Crippen LogP) is 0.0122. The van der Waals surface area contributed by atoms with Gasteiger partial charge in [-0.1, -0.05) is 6.07 Å². The second-order valence-electron chi connectivity index (χ2n) is 4.40. The summed E-state index contributed by atoms with van der Waals surface area (Å²) in [7, 11) is 2.63. The van der Waals surface area contributed by atoms with Crippen LogP contribution in [-0.4, -0.2) is 49.0 Å². The van der Waals surface area contributed by atoms with Crippen LogP contribution in [0.25, 0.3) is 0 Å². The summed E-state index contributed by atoms with van der Waals surface area (Å²) < 4.78 is 9.69. The van der Waals surface area contributed by atoms with E-state index < -0.39 is 18.2 Å². The standard InChI is InChI=1S/C14H19NO6/c1-8(16)15-7-11(17)13(18)9-4-5-10(14(19)21-3)12(6-9)20-2/h4-6,11,13,17-18H,7H2,1-3H3,(H,15,16). The van der Waals surface area contributed by atoms with Gasteiger partial charge in [-0.15, -0.1) is 0 Å². The Labute approximate surface area is 122 Å². The molecule has 0 aliphatic carbocycles. The zero-order chi connectivity index (χ0) is 16.0. The van der Waals surface area contributed by atoms with Crippen LogP contribution in [0.3, 0.4) is 0 Å². The molecule has 1 aromatic carbocycles. The molecular formula is C14H19NO6. The summed E-state index contributed by atoms with van der Waals surface area (Å²) in [6.07, 6.45) is -2.40. The zero-order valence-electron chi connectivity index (χ0n) is 12.1. The Balaban J connectivity index is 2.93. The lowest BCUT2D eigenvalue weighted by Crippen LogP contribution is -2.34. The van der Waals surface area contributed by atoms with Gasteiger partial charge in [-0.3, -0.25) is 4.79 Å². The number of nitrogens with one attached hydrogen (secondary N) is 1. The molecule has 1 rings (SSSR count). The molecule has 3 N–H and O–H groups in total. The van der Waals surface area contributed by atoms with Crippen molar-refractivity contribution >= 4 is 11.9 Å². The van der Waals surface area contributed by atoms with E-state index in [9.17, 15) is 19.8 Å². The lowest BCUT2D eigenvalue weighted by atomic mass is 10.0. The van der Waals surface area contributed by atoms with E-state index in [4.69, 9.17) is 4.74 Å². The number of hydrogen-bond donors (Lipinski definition) is 3. The minimum atomic E-state index is -1.22. The fourth-order valence-electron chi connectivity index (χ4n) is 1.75. The molecule has 0 aliphatic rings. The van der Waals surface area contributed by atoms with Crippen molar-refractivity contribution in [1.29, 1.82) is 0 Å². The Hall–Kier alpha value is -2.12. The number of amides is 1. The van der Waals surface area contributed by atoms with Crippen molar-refractivity contribution in [2.75, 3.05) is 20.8 Å². The SMILES string of the molecule is COC(=O)c1ccc(C(O)C(O)CNC(C)=O)cc1OC. The smallest absolute Gasteiger partial charge is 0.341 e. The summed E-state index contributed by atoms with van der Waals surface area (Å²) in [4.78, 5) is 22.3. The Morgan fingerprint density at radius 2 is 1.95 bits per heavy atom. The van der Waals surface area contributed by atoms with Crippen LogP contribution >= 0.6 is 0 Å². The Morgan fingerprint density at radius 1 is 1.29 bits per heavy atom. The molecule has 0 heterocycles. The van der Waals surface area contributed by atoms with Gasteiger partial charge >= 0.3 is 5.97 Å². The molecule has 2 atom stereocenters. The second kappa shape index (κ2) is 7.61. The average molecular weight is 297 g/mol. The third-order valence-corrected chi connectivity index (χ3v) is 2.90. The van der Waals surface area contributed by atoms with Crippen LogP contribution in [0.4, 0.5) is 0 Å². The summed E-state index contributed by atoms with van der Waals surface area (Å²) in [5, 5.41) is 22.3. The quantitative estimate of drug-likeness (QED) is 0.639. The summed E-state index contributed by atoms with van der Waals surface area (Å²) in [6, 6.07) is 4.36. The fraction of sp³-hybridized carbons (Fsp3) is 0.429. The van der Waals surface area contributed by atoms with Gasteiger partial charge in [0.1, 0.15) is 23.5 Å². The van der Waals surface area contributed by atoms with Gasteiger partial charge in [-0.05, 0) is 17.7 Å². The lowest BCUT2D eigenvalue weighted by Gasteiger charge is -2.19. The van der Waals surface area contributed by atoms with Crippen LogP contribution in [0.5, 0.6) is 5.75 Å². The maximum Gasteiger partial charge on any atom is 0.341 e. The first-order valence-electron chi connectivity index (χ1n) is 6.27. The molecule has 0 fully saturated rings. The molecule has 0 saturated carbocycles. The average Bonchev–Trinajstić information content (AvgIpc) is 2.50. The highest BCUT2D eigenvalue weighted by molar-refractivity contribution is 5.92. The van der Waals surface area contributed by atoms with E-state index in [0.717, 1.165) is 0 Å². The fourth-order valence-corrected chi connectivity index (χ4v) is 1.75. The van der Waals surface area contributed by atoms with Crippen molar-refractivity contribution in [3.05, 3.63) is 29.3 Å². The summed E-state index contributed by atoms with van der Waals surface area (Å²) in [5.74, 6) is -0.642. The third-order valence-electron chi connectivity index (χ3n) is 2.90. The molecule has 0 radical (unpaired) electrons. The molecule has 0 bridgehead atoms. The number of carbonyl (C=O) groups is 2. The Kier molecular flexibility index (Phi) is 6.13. The van der Waals surface area contributed by atoms with Crippen LogP contribution in [0.1, 0.15) is 28.9 Å². The van der Waals surface area contributed by atoms with Crippen LogP contribution < -0.4 is 10.1 Å². The molecule has 0 saturated heterocycles. The van der Waals surface area contributed by atoms with Gasteiger partial charge < -0.3 is 25.0 Å². The number of ether oxygens (including phenoxy) is 2. The molecule has 1 aromatic rings. The minimum Gasteiger partial charge on any atom is -0.496 e. The summed E-state index contributed by atoms with van der Waals surface area (Å²) >= 11 is 0. The first-order chi connectivity index (χ1) is 9.90. The summed E-state index contributed by atoms with van der Waals surface area (Å²) in [6.45, 7) is 1.23. The number of benzene rings is 1. The lowest BCUT2D eigenvalue weighted by molar-refractivity contribution is -0.119. The highest BCUT2D eigenvalue weighted by Crippen LogP contribution is 2.26. The van der Waals surface area contributed by atoms with Gasteiger partial charge in [-0.2, -0.15) is 0 Å². The van der Waals surface area contributed by atoms with E-state index in [1.807, 2.05) is 0 Å². The van der Waals surface area contributed by atoms with Gasteiger partial charge in [0.2, 0.25) is 5.91 Å². The first-order valence-corrected chi connectivity index (χ1v) is 6.27. The minimum absolute atomic E-state index is 0.0857. The van der Waals surface area contributed by atoms with Gasteiger partial charge in [0.15, 0.2) is 0 Å². The van der Waals surface area contributed by atoms with E-state index >= 15 is 0 Å². The van der Waals surface area contributed by atoms with Crippen LogP contribution in [0.2, 0.25) is 0 Å². The molecule has 116 valence electrons.